The van der Waals surface area contributed by atoms with Crippen LogP contribution < -0.4 is 0 Å². The van der Waals surface area contributed by atoms with Gasteiger partial charge >= 0.3 is 0 Å². The molecule has 0 aromatic rings. The third-order valence-corrected chi connectivity index (χ3v) is 3.10. The van der Waals surface area contributed by atoms with E-state index in [-0.39, 0.29) is 5.38 Å². The van der Waals surface area contributed by atoms with Crippen molar-refractivity contribution in [2.75, 3.05) is 6.61 Å². The summed E-state index contributed by atoms with van der Waals surface area (Å²) in [4.78, 5) is 0. The van der Waals surface area contributed by atoms with Gasteiger partial charge in [-0.25, -0.2) is 0 Å². The second-order valence-corrected chi connectivity index (χ2v) is 4.50. The van der Waals surface area contributed by atoms with E-state index in [0.717, 1.165) is 13.0 Å². The Labute approximate surface area is 86.8 Å². The van der Waals surface area contributed by atoms with Crippen LogP contribution in [0.1, 0.15) is 51.9 Å². The van der Waals surface area contributed by atoms with E-state index in [4.69, 9.17) is 16.3 Å². The van der Waals surface area contributed by atoms with Crippen molar-refractivity contribution in [3.05, 3.63) is 0 Å². The Morgan fingerprint density at radius 3 is 2.46 bits per heavy atom. The summed E-state index contributed by atoms with van der Waals surface area (Å²) in [5.74, 6) is 0. The van der Waals surface area contributed by atoms with Gasteiger partial charge in [0.05, 0.1) is 18.1 Å². The topological polar surface area (TPSA) is 12.5 Å². The number of ether oxygens (including phenoxy) is 1. The second kappa shape index (κ2) is 6.67. The molecule has 1 nitrogen and oxygen atoms in total. The molecule has 78 valence electrons. The van der Waals surface area contributed by atoms with Gasteiger partial charge in [-0.3, -0.25) is 0 Å². The van der Waals surface area contributed by atoms with Crippen molar-refractivity contribution in [1.29, 1.82) is 0 Å². The Hall–Kier alpha value is 0.250. The molecule has 0 aromatic heterocycles. The van der Waals surface area contributed by atoms with E-state index in [1.807, 2.05) is 0 Å². The van der Waals surface area contributed by atoms with Gasteiger partial charge < -0.3 is 4.74 Å². The molecule has 13 heavy (non-hydrogen) atoms. The molecular weight excluding hydrogens is 184 g/mol. The van der Waals surface area contributed by atoms with E-state index < -0.39 is 0 Å². The molecule has 1 aliphatic heterocycles. The van der Waals surface area contributed by atoms with Crippen LogP contribution in [0.15, 0.2) is 0 Å². The zero-order valence-corrected chi connectivity index (χ0v) is 9.35. The Morgan fingerprint density at radius 2 is 1.85 bits per heavy atom. The van der Waals surface area contributed by atoms with Crippen molar-refractivity contribution in [3.63, 3.8) is 0 Å². The summed E-state index contributed by atoms with van der Waals surface area (Å²) < 4.78 is 5.13. The largest absolute Gasteiger partial charge is 0.372 e. The van der Waals surface area contributed by atoms with E-state index in [2.05, 4.69) is 6.92 Å². The van der Waals surface area contributed by atoms with Gasteiger partial charge in [-0.15, -0.1) is 11.6 Å². The van der Waals surface area contributed by atoms with Gasteiger partial charge in [0.2, 0.25) is 0 Å². The van der Waals surface area contributed by atoms with Gasteiger partial charge in [0, 0.05) is 0 Å². The lowest BCUT2D eigenvalue weighted by atomic mass is 10.1. The summed E-state index contributed by atoms with van der Waals surface area (Å²) in [6.07, 6.45) is 9.62. The molecule has 0 spiro atoms. The Kier molecular flexibility index (Phi) is 5.81. The highest BCUT2D eigenvalue weighted by atomic mass is 35.5. The maximum absolute atomic E-state index is 6.09. The normalized spacial score (nSPS) is 23.1. The second-order valence-electron chi connectivity index (χ2n) is 3.94. The van der Waals surface area contributed by atoms with Crippen molar-refractivity contribution in [1.82, 2.24) is 0 Å². The third kappa shape index (κ3) is 5.53. The van der Waals surface area contributed by atoms with Crippen molar-refractivity contribution in [2.24, 2.45) is 0 Å². The lowest BCUT2D eigenvalue weighted by Gasteiger charge is -2.04. The summed E-state index contributed by atoms with van der Waals surface area (Å²) in [7, 11) is 0. The molecule has 2 atom stereocenters. The van der Waals surface area contributed by atoms with Crippen molar-refractivity contribution in [3.8, 4) is 0 Å². The molecule has 2 heteroatoms. The molecule has 1 saturated heterocycles. The molecule has 1 heterocycles. The number of alkyl halides is 1. The highest BCUT2D eigenvalue weighted by Crippen LogP contribution is 2.23. The molecule has 0 amide bonds. The molecule has 0 aliphatic carbocycles. The first-order valence-corrected chi connectivity index (χ1v) is 6.04. The summed E-state index contributed by atoms with van der Waals surface area (Å²) >= 11 is 6.09. The van der Waals surface area contributed by atoms with E-state index in [0.29, 0.717) is 6.10 Å². The molecule has 1 fully saturated rings. The minimum atomic E-state index is 0.283. The maximum Gasteiger partial charge on any atom is 0.0972 e. The number of hydrogen-bond donors (Lipinski definition) is 0. The number of unbranched alkanes of at least 4 members (excludes halogenated alkanes) is 5. The predicted molar refractivity (Wildman–Crippen MR) is 57.4 cm³/mol. The van der Waals surface area contributed by atoms with Gasteiger partial charge in [0.15, 0.2) is 0 Å². The van der Waals surface area contributed by atoms with Crippen LogP contribution >= 0.6 is 11.6 Å². The lowest BCUT2D eigenvalue weighted by molar-refractivity contribution is 0.391. The van der Waals surface area contributed by atoms with Crippen molar-refractivity contribution >= 4 is 11.6 Å². The minimum absolute atomic E-state index is 0.283. The fourth-order valence-electron chi connectivity index (χ4n) is 1.57. The van der Waals surface area contributed by atoms with Crippen LogP contribution in [0.5, 0.6) is 0 Å². The van der Waals surface area contributed by atoms with Crippen LogP contribution in [0.3, 0.4) is 0 Å². The Balaban J connectivity index is 1.77. The molecule has 1 aliphatic rings. The first-order chi connectivity index (χ1) is 6.34. The molecule has 0 bridgehead atoms. The number of halogens is 1. The van der Waals surface area contributed by atoms with E-state index in [9.17, 15) is 0 Å². The van der Waals surface area contributed by atoms with Crippen LogP contribution in [-0.2, 0) is 4.74 Å². The van der Waals surface area contributed by atoms with Gasteiger partial charge in [-0.1, -0.05) is 45.4 Å². The van der Waals surface area contributed by atoms with Crippen LogP contribution in [0, 0.1) is 0 Å². The van der Waals surface area contributed by atoms with E-state index in [1.54, 1.807) is 0 Å². The fraction of sp³-hybridized carbons (Fsp3) is 1.00. The predicted octanol–water partition coefficient (Wildman–Crippen LogP) is 3.74. The Morgan fingerprint density at radius 1 is 1.23 bits per heavy atom. The standard InChI is InChI=1S/C11H21ClO/c1-2-3-4-5-6-7-8-10(12)11-9-13-11/h10-11H,2-9H2,1H3. The van der Waals surface area contributed by atoms with Crippen LogP contribution in [0.25, 0.3) is 0 Å². The smallest absolute Gasteiger partial charge is 0.0972 e. The zero-order valence-electron chi connectivity index (χ0n) is 8.60. The molecular formula is C11H21ClO. The molecule has 0 N–H and O–H groups in total. The van der Waals surface area contributed by atoms with Gasteiger partial charge in [0.25, 0.3) is 0 Å². The average molecular weight is 205 g/mol. The fourth-order valence-corrected chi connectivity index (χ4v) is 1.87. The highest BCUT2D eigenvalue weighted by Gasteiger charge is 2.30. The van der Waals surface area contributed by atoms with Gasteiger partial charge in [-0.05, 0) is 6.42 Å². The lowest BCUT2D eigenvalue weighted by Crippen LogP contribution is -2.06. The van der Waals surface area contributed by atoms with Crippen LogP contribution in [-0.4, -0.2) is 18.1 Å². The number of rotatable bonds is 8. The molecule has 0 saturated carbocycles. The maximum atomic E-state index is 6.09. The van der Waals surface area contributed by atoms with Gasteiger partial charge in [0.1, 0.15) is 0 Å². The third-order valence-electron chi connectivity index (χ3n) is 2.60. The number of epoxide rings is 1. The number of hydrogen-bond acceptors (Lipinski definition) is 1. The van der Waals surface area contributed by atoms with E-state index in [1.165, 1.54) is 38.5 Å². The monoisotopic (exact) mass is 204 g/mol. The molecule has 1 rings (SSSR count). The molecule has 0 radical (unpaired) electrons. The van der Waals surface area contributed by atoms with Gasteiger partial charge in [-0.2, -0.15) is 0 Å². The minimum Gasteiger partial charge on any atom is -0.372 e. The molecule has 0 aromatic carbocycles. The summed E-state index contributed by atoms with van der Waals surface area (Å²) in [6.45, 7) is 3.14. The summed E-state index contributed by atoms with van der Waals surface area (Å²) in [6, 6.07) is 0. The van der Waals surface area contributed by atoms with Crippen molar-refractivity contribution < 1.29 is 4.74 Å². The quantitative estimate of drug-likeness (QED) is 0.333. The summed E-state index contributed by atoms with van der Waals surface area (Å²) in [5, 5.41) is 0.283. The average Bonchev–Trinajstić information content (AvgIpc) is 2.93. The Bertz CT molecular complexity index is 123. The van der Waals surface area contributed by atoms with Crippen LogP contribution in [0.4, 0.5) is 0 Å². The zero-order chi connectivity index (χ0) is 9.52. The first kappa shape index (κ1) is 11.3. The van der Waals surface area contributed by atoms with E-state index >= 15 is 0 Å². The first-order valence-electron chi connectivity index (χ1n) is 5.60. The van der Waals surface area contributed by atoms with Crippen LogP contribution in [0.2, 0.25) is 0 Å². The highest BCUT2D eigenvalue weighted by molar-refractivity contribution is 6.21. The molecule has 2 unspecified atom stereocenters. The van der Waals surface area contributed by atoms with Crippen molar-refractivity contribution in [2.45, 2.75) is 63.4 Å². The SMILES string of the molecule is CCCCCCCCC(Cl)C1CO1. The summed E-state index contributed by atoms with van der Waals surface area (Å²) in [5.41, 5.74) is 0.